The predicted octanol–water partition coefficient (Wildman–Crippen LogP) is 4.34. The van der Waals surface area contributed by atoms with E-state index >= 15 is 0 Å². The molecule has 4 rings (SSSR count). The second kappa shape index (κ2) is 6.84. The maximum Gasteiger partial charge on any atom is 0.227 e. The van der Waals surface area contributed by atoms with Crippen LogP contribution in [0.2, 0.25) is 0 Å². The van der Waals surface area contributed by atoms with Crippen molar-refractivity contribution in [2.45, 2.75) is 70.9 Å². The molecule has 1 amide bonds. The van der Waals surface area contributed by atoms with Crippen LogP contribution < -0.4 is 15.2 Å². The van der Waals surface area contributed by atoms with Gasteiger partial charge in [0, 0.05) is 23.1 Å². The van der Waals surface area contributed by atoms with Gasteiger partial charge in [0.15, 0.2) is 11.5 Å². The fourth-order valence-electron chi connectivity index (χ4n) is 4.62. The highest BCUT2D eigenvalue weighted by atomic mass is 16.5. The molecule has 164 valence electrons. The lowest BCUT2D eigenvalue weighted by Gasteiger charge is -2.31. The summed E-state index contributed by atoms with van der Waals surface area (Å²) in [6.45, 7) is 12.2. The minimum Gasteiger partial charge on any atom is -0.493 e. The van der Waals surface area contributed by atoms with Gasteiger partial charge in [-0.25, -0.2) is 0 Å². The predicted molar refractivity (Wildman–Crippen MR) is 123 cm³/mol. The van der Waals surface area contributed by atoms with Gasteiger partial charge in [0.2, 0.25) is 5.91 Å². The fraction of sp³-hybridized carbons (Fsp3) is 0.462. The van der Waals surface area contributed by atoms with Crippen LogP contribution in [0.5, 0.6) is 11.5 Å². The highest BCUT2D eigenvalue weighted by Gasteiger charge is 2.39. The van der Waals surface area contributed by atoms with E-state index in [9.17, 15) is 4.79 Å². The molecule has 0 spiro atoms. The number of rotatable bonds is 4. The molecule has 2 aliphatic heterocycles. The Bertz CT molecular complexity index is 1090. The van der Waals surface area contributed by atoms with E-state index in [0.29, 0.717) is 0 Å². The normalized spacial score (nSPS) is 18.5. The molecule has 0 bridgehead atoms. The van der Waals surface area contributed by atoms with Crippen molar-refractivity contribution >= 4 is 11.6 Å². The van der Waals surface area contributed by atoms with E-state index in [1.807, 2.05) is 38.1 Å². The molecule has 2 aromatic carbocycles. The zero-order valence-electron chi connectivity index (χ0n) is 19.6. The van der Waals surface area contributed by atoms with E-state index in [-0.39, 0.29) is 17.0 Å². The van der Waals surface area contributed by atoms with Crippen LogP contribution >= 0.6 is 0 Å². The maximum atomic E-state index is 11.9. The van der Waals surface area contributed by atoms with Gasteiger partial charge in [-0.1, -0.05) is 24.3 Å². The van der Waals surface area contributed by atoms with Crippen molar-refractivity contribution in [3.8, 4) is 11.5 Å². The zero-order valence-corrected chi connectivity index (χ0v) is 19.6. The number of benzene rings is 2. The van der Waals surface area contributed by atoms with Gasteiger partial charge in [-0.05, 0) is 65.2 Å². The SMILES string of the molecule is COc1cc2c(c3c1OC(C)(C)C3)C(c1ccc(C(C)(C)C(N)=O)cc1)=NC(C)(C)C2. The number of nitrogens with zero attached hydrogens (tertiary/aromatic N) is 1. The van der Waals surface area contributed by atoms with E-state index < -0.39 is 5.41 Å². The number of carbonyl (C=O) groups excluding carboxylic acids is 1. The Kier molecular flexibility index (Phi) is 4.73. The summed E-state index contributed by atoms with van der Waals surface area (Å²) >= 11 is 0. The average molecular weight is 421 g/mol. The fourth-order valence-corrected chi connectivity index (χ4v) is 4.62. The average Bonchev–Trinajstić information content (AvgIpc) is 3.00. The van der Waals surface area contributed by atoms with Crippen LogP contribution in [-0.4, -0.2) is 29.9 Å². The van der Waals surface area contributed by atoms with Crippen molar-refractivity contribution in [1.29, 1.82) is 0 Å². The number of carbonyl (C=O) groups is 1. The summed E-state index contributed by atoms with van der Waals surface area (Å²) in [5.74, 6) is 1.27. The molecule has 2 heterocycles. The second-order valence-electron chi connectivity index (χ2n) is 10.5. The lowest BCUT2D eigenvalue weighted by atomic mass is 9.79. The van der Waals surface area contributed by atoms with E-state index in [0.717, 1.165) is 52.3 Å². The third-order valence-corrected chi connectivity index (χ3v) is 6.40. The summed E-state index contributed by atoms with van der Waals surface area (Å²) in [4.78, 5) is 17.0. The highest BCUT2D eigenvalue weighted by molar-refractivity contribution is 6.16. The number of hydrogen-bond acceptors (Lipinski definition) is 4. The quantitative estimate of drug-likeness (QED) is 0.799. The molecule has 5 nitrogen and oxygen atoms in total. The summed E-state index contributed by atoms with van der Waals surface area (Å²) < 4.78 is 12.0. The minimum absolute atomic E-state index is 0.234. The molecule has 31 heavy (non-hydrogen) atoms. The molecule has 0 saturated heterocycles. The monoisotopic (exact) mass is 420 g/mol. The van der Waals surface area contributed by atoms with Gasteiger partial charge in [-0.15, -0.1) is 0 Å². The first-order valence-corrected chi connectivity index (χ1v) is 10.8. The Labute approximate surface area is 184 Å². The Morgan fingerprint density at radius 3 is 2.35 bits per heavy atom. The van der Waals surface area contributed by atoms with Crippen molar-refractivity contribution in [3.63, 3.8) is 0 Å². The third-order valence-electron chi connectivity index (χ3n) is 6.40. The smallest absolute Gasteiger partial charge is 0.227 e. The molecule has 2 aliphatic rings. The van der Waals surface area contributed by atoms with Gasteiger partial charge in [0.25, 0.3) is 0 Å². The molecule has 2 aromatic rings. The zero-order chi connectivity index (χ0) is 22.8. The number of amides is 1. The second-order valence-corrected chi connectivity index (χ2v) is 10.5. The van der Waals surface area contributed by atoms with Gasteiger partial charge in [0.1, 0.15) is 5.60 Å². The van der Waals surface area contributed by atoms with Crippen molar-refractivity contribution in [2.75, 3.05) is 7.11 Å². The van der Waals surface area contributed by atoms with E-state index in [4.69, 9.17) is 20.2 Å². The first kappa shape index (κ1) is 21.4. The van der Waals surface area contributed by atoms with Crippen LogP contribution in [0.4, 0.5) is 0 Å². The largest absolute Gasteiger partial charge is 0.493 e. The van der Waals surface area contributed by atoms with Gasteiger partial charge < -0.3 is 15.2 Å². The summed E-state index contributed by atoms with van der Waals surface area (Å²) in [5, 5.41) is 0. The highest BCUT2D eigenvalue weighted by Crippen LogP contribution is 2.47. The van der Waals surface area contributed by atoms with Gasteiger partial charge in [-0.2, -0.15) is 0 Å². The van der Waals surface area contributed by atoms with Crippen molar-refractivity contribution in [1.82, 2.24) is 0 Å². The van der Waals surface area contributed by atoms with Gasteiger partial charge in [0.05, 0.1) is 23.8 Å². The Hall–Kier alpha value is -2.82. The first-order valence-electron chi connectivity index (χ1n) is 10.8. The molecule has 2 N–H and O–H groups in total. The molecule has 0 unspecified atom stereocenters. The van der Waals surface area contributed by atoms with Crippen LogP contribution in [0.25, 0.3) is 0 Å². The number of primary amides is 1. The van der Waals surface area contributed by atoms with Crippen LogP contribution in [0.1, 0.15) is 69.4 Å². The van der Waals surface area contributed by atoms with E-state index in [1.165, 1.54) is 5.56 Å². The summed E-state index contributed by atoms with van der Waals surface area (Å²) in [6.07, 6.45) is 1.64. The summed E-state index contributed by atoms with van der Waals surface area (Å²) in [6, 6.07) is 10.2. The molecule has 0 radical (unpaired) electrons. The van der Waals surface area contributed by atoms with Crippen molar-refractivity contribution in [2.24, 2.45) is 10.7 Å². The van der Waals surface area contributed by atoms with Gasteiger partial charge in [-0.3, -0.25) is 9.79 Å². The van der Waals surface area contributed by atoms with Gasteiger partial charge >= 0.3 is 0 Å². The number of methoxy groups -OCH3 is 1. The number of hydrogen-bond donors (Lipinski definition) is 1. The van der Waals surface area contributed by atoms with E-state index in [1.54, 1.807) is 7.11 Å². The van der Waals surface area contributed by atoms with Crippen LogP contribution in [-0.2, 0) is 23.1 Å². The molecular formula is C26H32N2O3. The number of aliphatic imine (C=N–C) groups is 1. The lowest BCUT2D eigenvalue weighted by molar-refractivity contribution is -0.122. The van der Waals surface area contributed by atoms with Crippen molar-refractivity contribution < 1.29 is 14.3 Å². The molecule has 0 atom stereocenters. The minimum atomic E-state index is -0.726. The van der Waals surface area contributed by atoms with Crippen LogP contribution in [0.15, 0.2) is 35.3 Å². The van der Waals surface area contributed by atoms with Crippen LogP contribution in [0, 0.1) is 0 Å². The molecule has 0 saturated carbocycles. The Morgan fingerprint density at radius 1 is 1.13 bits per heavy atom. The Balaban J connectivity index is 1.88. The molecule has 0 aromatic heterocycles. The standard InChI is InChI=1S/C26H32N2O3/c1-24(2)13-16-12-19(30-7)22-18(14-25(3,4)31-22)20(16)21(28-24)15-8-10-17(11-9-15)26(5,6)23(27)29/h8-12H,13-14H2,1-7H3,(H2,27,29). The Morgan fingerprint density at radius 2 is 1.77 bits per heavy atom. The maximum absolute atomic E-state index is 11.9. The summed E-state index contributed by atoms with van der Waals surface area (Å²) in [5.41, 5.74) is 10.8. The molecule has 0 aliphatic carbocycles. The molecular weight excluding hydrogens is 388 g/mol. The van der Waals surface area contributed by atoms with Crippen molar-refractivity contribution in [3.05, 3.63) is 58.1 Å². The first-order chi connectivity index (χ1) is 14.3. The third kappa shape index (κ3) is 3.60. The summed E-state index contributed by atoms with van der Waals surface area (Å²) in [7, 11) is 1.69. The molecule has 5 heteroatoms. The number of ether oxygens (including phenoxy) is 2. The van der Waals surface area contributed by atoms with E-state index in [2.05, 4.69) is 33.8 Å². The lowest BCUT2D eigenvalue weighted by Crippen LogP contribution is -2.35. The topological polar surface area (TPSA) is 73.9 Å². The van der Waals surface area contributed by atoms with Crippen LogP contribution in [0.3, 0.4) is 0 Å². The molecule has 0 fully saturated rings. The number of nitrogens with two attached hydrogens (primary N) is 1. The number of fused-ring (bicyclic) bond motifs is 3.